The Morgan fingerprint density at radius 1 is 0.708 bits per heavy atom. The molecule has 0 amide bonds. The standard InChI is InChI=1S/C20H42O3S/c1-5-6-15-20(17-12-11-13-18(2)3)16-10-8-7-9-14-19(4)24(21,22)23/h18-20H,5-17H2,1-4H3,(H,21,22,23). The van der Waals surface area contributed by atoms with E-state index in [-0.39, 0.29) is 0 Å². The fraction of sp³-hybridized carbons (Fsp3) is 1.00. The van der Waals surface area contributed by atoms with E-state index in [1.54, 1.807) is 6.92 Å². The SMILES string of the molecule is CCCCC(CCCCCCC(C)S(=O)(=O)O)CCCCC(C)C. The van der Waals surface area contributed by atoms with Gasteiger partial charge in [0.15, 0.2) is 0 Å². The van der Waals surface area contributed by atoms with Crippen molar-refractivity contribution in [2.24, 2.45) is 11.8 Å². The minimum Gasteiger partial charge on any atom is -0.285 e. The van der Waals surface area contributed by atoms with Crippen molar-refractivity contribution in [1.82, 2.24) is 0 Å². The average molecular weight is 363 g/mol. The van der Waals surface area contributed by atoms with Gasteiger partial charge in [-0.1, -0.05) is 97.8 Å². The Labute approximate surface area is 151 Å². The van der Waals surface area contributed by atoms with Gasteiger partial charge in [-0.05, 0) is 25.2 Å². The van der Waals surface area contributed by atoms with Crippen LogP contribution in [0.4, 0.5) is 0 Å². The lowest BCUT2D eigenvalue weighted by Crippen LogP contribution is -2.16. The highest BCUT2D eigenvalue weighted by Crippen LogP contribution is 2.24. The zero-order valence-corrected chi connectivity index (χ0v) is 17.4. The second-order valence-corrected chi connectivity index (χ2v) is 9.84. The molecule has 2 atom stereocenters. The Morgan fingerprint density at radius 2 is 1.17 bits per heavy atom. The summed E-state index contributed by atoms with van der Waals surface area (Å²) >= 11 is 0. The molecule has 0 aliphatic heterocycles. The molecule has 1 N–H and O–H groups in total. The first-order valence-corrected chi connectivity index (χ1v) is 11.7. The Bertz CT molecular complexity index is 376. The first-order valence-electron chi connectivity index (χ1n) is 10.2. The molecule has 0 rings (SSSR count). The van der Waals surface area contributed by atoms with Crippen molar-refractivity contribution in [2.75, 3.05) is 0 Å². The Morgan fingerprint density at radius 3 is 1.67 bits per heavy atom. The summed E-state index contributed by atoms with van der Waals surface area (Å²) in [6.45, 7) is 8.47. The maximum absolute atomic E-state index is 11.0. The Kier molecular flexibility index (Phi) is 14.1. The molecule has 0 heterocycles. The molecule has 0 spiro atoms. The molecule has 0 radical (unpaired) electrons. The van der Waals surface area contributed by atoms with E-state index in [4.69, 9.17) is 4.55 Å². The lowest BCUT2D eigenvalue weighted by Gasteiger charge is -2.17. The predicted molar refractivity (Wildman–Crippen MR) is 105 cm³/mol. The highest BCUT2D eigenvalue weighted by atomic mass is 32.2. The second-order valence-electron chi connectivity index (χ2n) is 8.00. The molecule has 0 aliphatic rings. The van der Waals surface area contributed by atoms with Crippen LogP contribution in [0, 0.1) is 11.8 Å². The largest absolute Gasteiger partial charge is 0.285 e. The third kappa shape index (κ3) is 14.3. The molecule has 0 aliphatic carbocycles. The maximum Gasteiger partial charge on any atom is 0.267 e. The van der Waals surface area contributed by atoms with Gasteiger partial charge in [0.05, 0.1) is 5.25 Å². The van der Waals surface area contributed by atoms with Gasteiger partial charge in [-0.15, -0.1) is 0 Å². The summed E-state index contributed by atoms with van der Waals surface area (Å²) < 4.78 is 30.9. The van der Waals surface area contributed by atoms with Gasteiger partial charge in [-0.25, -0.2) is 0 Å². The van der Waals surface area contributed by atoms with Crippen molar-refractivity contribution in [3.05, 3.63) is 0 Å². The van der Waals surface area contributed by atoms with Crippen LogP contribution in [-0.4, -0.2) is 18.2 Å². The molecule has 4 heteroatoms. The van der Waals surface area contributed by atoms with Crippen molar-refractivity contribution < 1.29 is 13.0 Å². The molecular weight excluding hydrogens is 320 g/mol. The smallest absolute Gasteiger partial charge is 0.267 e. The van der Waals surface area contributed by atoms with Crippen LogP contribution in [0.15, 0.2) is 0 Å². The van der Waals surface area contributed by atoms with Crippen LogP contribution in [0.5, 0.6) is 0 Å². The summed E-state index contributed by atoms with van der Waals surface area (Å²) in [4.78, 5) is 0. The lowest BCUT2D eigenvalue weighted by atomic mass is 9.89. The van der Waals surface area contributed by atoms with Crippen LogP contribution in [0.1, 0.15) is 111 Å². The molecule has 146 valence electrons. The fourth-order valence-electron chi connectivity index (χ4n) is 3.28. The van der Waals surface area contributed by atoms with Gasteiger partial charge in [0.1, 0.15) is 0 Å². The van der Waals surface area contributed by atoms with E-state index in [0.29, 0.717) is 6.42 Å². The summed E-state index contributed by atoms with van der Waals surface area (Å²) in [7, 11) is -3.84. The fourth-order valence-corrected chi connectivity index (χ4v) is 3.74. The summed E-state index contributed by atoms with van der Waals surface area (Å²) in [5.74, 6) is 1.71. The number of hydrogen-bond acceptors (Lipinski definition) is 2. The van der Waals surface area contributed by atoms with Crippen molar-refractivity contribution in [3.8, 4) is 0 Å². The van der Waals surface area contributed by atoms with E-state index in [0.717, 1.165) is 24.7 Å². The summed E-state index contributed by atoms with van der Waals surface area (Å²) in [5, 5.41) is -0.615. The summed E-state index contributed by atoms with van der Waals surface area (Å²) in [5.41, 5.74) is 0. The molecule has 0 saturated heterocycles. The van der Waals surface area contributed by atoms with Gasteiger partial charge in [-0.3, -0.25) is 4.55 Å². The van der Waals surface area contributed by atoms with Crippen LogP contribution in [-0.2, 0) is 10.1 Å². The topological polar surface area (TPSA) is 54.4 Å². The molecule has 3 nitrogen and oxygen atoms in total. The van der Waals surface area contributed by atoms with Crippen LogP contribution in [0.2, 0.25) is 0 Å². The third-order valence-corrected chi connectivity index (χ3v) is 6.34. The van der Waals surface area contributed by atoms with Gasteiger partial charge in [0.2, 0.25) is 0 Å². The van der Waals surface area contributed by atoms with E-state index in [1.807, 2.05) is 0 Å². The molecule has 0 saturated carbocycles. The molecule has 0 bridgehead atoms. The Balaban J connectivity index is 3.81. The van der Waals surface area contributed by atoms with E-state index >= 15 is 0 Å². The maximum atomic E-state index is 11.0. The van der Waals surface area contributed by atoms with E-state index in [9.17, 15) is 8.42 Å². The molecule has 24 heavy (non-hydrogen) atoms. The van der Waals surface area contributed by atoms with Crippen LogP contribution in [0.3, 0.4) is 0 Å². The number of unbranched alkanes of at least 4 members (excludes halogenated alkanes) is 5. The summed E-state index contributed by atoms with van der Waals surface area (Å²) in [6.07, 6.45) is 15.8. The van der Waals surface area contributed by atoms with E-state index in [2.05, 4.69) is 20.8 Å². The van der Waals surface area contributed by atoms with Gasteiger partial charge in [0.25, 0.3) is 10.1 Å². The molecule has 0 aromatic rings. The van der Waals surface area contributed by atoms with Crippen LogP contribution < -0.4 is 0 Å². The molecule has 0 fully saturated rings. The van der Waals surface area contributed by atoms with Gasteiger partial charge in [-0.2, -0.15) is 8.42 Å². The quantitative estimate of drug-likeness (QED) is 0.248. The van der Waals surface area contributed by atoms with Crippen molar-refractivity contribution in [3.63, 3.8) is 0 Å². The van der Waals surface area contributed by atoms with Crippen LogP contribution in [0.25, 0.3) is 0 Å². The second kappa shape index (κ2) is 14.1. The van der Waals surface area contributed by atoms with Gasteiger partial charge in [0, 0.05) is 0 Å². The van der Waals surface area contributed by atoms with Gasteiger partial charge < -0.3 is 0 Å². The van der Waals surface area contributed by atoms with Crippen molar-refractivity contribution in [2.45, 2.75) is 116 Å². The monoisotopic (exact) mass is 362 g/mol. The number of rotatable bonds is 16. The first kappa shape index (κ1) is 23.9. The van der Waals surface area contributed by atoms with Gasteiger partial charge >= 0.3 is 0 Å². The highest BCUT2D eigenvalue weighted by Gasteiger charge is 2.16. The Hall–Kier alpha value is -0.0900. The lowest BCUT2D eigenvalue weighted by molar-refractivity contribution is 0.366. The highest BCUT2D eigenvalue weighted by molar-refractivity contribution is 7.86. The van der Waals surface area contributed by atoms with E-state index in [1.165, 1.54) is 64.2 Å². The molecule has 0 aromatic heterocycles. The number of hydrogen-bond donors (Lipinski definition) is 1. The van der Waals surface area contributed by atoms with Crippen LogP contribution >= 0.6 is 0 Å². The third-order valence-electron chi connectivity index (χ3n) is 5.09. The minimum absolute atomic E-state index is 0.577. The molecule has 2 unspecified atom stereocenters. The van der Waals surface area contributed by atoms with E-state index < -0.39 is 15.4 Å². The molecule has 0 aromatic carbocycles. The zero-order chi connectivity index (χ0) is 18.4. The first-order chi connectivity index (χ1) is 11.3. The molecular formula is C20H42O3S. The average Bonchev–Trinajstić information content (AvgIpc) is 2.49. The minimum atomic E-state index is -3.84. The van der Waals surface area contributed by atoms with Crippen molar-refractivity contribution >= 4 is 10.1 Å². The predicted octanol–water partition coefficient (Wildman–Crippen LogP) is 6.63. The zero-order valence-electron chi connectivity index (χ0n) is 16.6. The normalized spacial score (nSPS) is 14.9. The van der Waals surface area contributed by atoms with Crippen molar-refractivity contribution in [1.29, 1.82) is 0 Å². The summed E-state index contributed by atoms with van der Waals surface area (Å²) in [6, 6.07) is 0.